The molecule has 0 atom stereocenters. The van der Waals surface area contributed by atoms with Gasteiger partial charge in [-0.2, -0.15) is 0 Å². The van der Waals surface area contributed by atoms with Crippen LogP contribution in [0.4, 0.5) is 0 Å². The third kappa shape index (κ3) is 7.83. The molecule has 222 valence electrons. The van der Waals surface area contributed by atoms with Crippen LogP contribution in [0.2, 0.25) is 5.02 Å². The van der Waals surface area contributed by atoms with E-state index in [0.717, 1.165) is 44.8 Å². The molecule has 2 aromatic heterocycles. The molecule has 5 aromatic rings. The van der Waals surface area contributed by atoms with E-state index in [1.807, 2.05) is 91.5 Å². The Labute approximate surface area is 261 Å². The van der Waals surface area contributed by atoms with Gasteiger partial charge in [-0.15, -0.1) is 0 Å². The number of rotatable bonds is 13. The molecule has 0 unspecified atom stereocenters. The highest BCUT2D eigenvalue weighted by molar-refractivity contribution is 7.97. The molecule has 3 aromatic carbocycles. The molecule has 2 heterocycles. The van der Waals surface area contributed by atoms with Gasteiger partial charge in [-0.25, -0.2) is 0 Å². The second kappa shape index (κ2) is 14.4. The normalized spacial score (nSPS) is 11.0. The molecule has 0 aliphatic rings. The SMILES string of the molecule is Cc1cc(OCCCc2c(C(=O)NSCCNC(=O)c3ccn(Cc4ccccc4)c3)[nH]c3ccccc23)cc(C)c1Cl. The Morgan fingerprint density at radius 1 is 0.977 bits per heavy atom. The Bertz CT molecular complexity index is 1690. The van der Waals surface area contributed by atoms with Crippen molar-refractivity contribution in [2.45, 2.75) is 33.2 Å². The van der Waals surface area contributed by atoms with Crippen molar-refractivity contribution in [2.24, 2.45) is 0 Å². The van der Waals surface area contributed by atoms with E-state index in [1.54, 1.807) is 0 Å². The average molecular weight is 615 g/mol. The predicted molar refractivity (Wildman–Crippen MR) is 175 cm³/mol. The molecule has 0 spiro atoms. The van der Waals surface area contributed by atoms with Crippen LogP contribution in [0.5, 0.6) is 5.75 Å². The first-order chi connectivity index (χ1) is 20.9. The molecule has 43 heavy (non-hydrogen) atoms. The lowest BCUT2D eigenvalue weighted by Gasteiger charge is -2.10. The fourth-order valence-electron chi connectivity index (χ4n) is 5.03. The van der Waals surface area contributed by atoms with Gasteiger partial charge in [0, 0.05) is 47.2 Å². The lowest BCUT2D eigenvalue weighted by molar-refractivity contribution is 0.0954. The molecule has 5 rings (SSSR count). The number of benzene rings is 3. The summed E-state index contributed by atoms with van der Waals surface area (Å²) in [6.45, 7) is 5.59. The highest BCUT2D eigenvalue weighted by Gasteiger charge is 2.18. The number of aromatic nitrogens is 2. The van der Waals surface area contributed by atoms with Crippen LogP contribution in [0.25, 0.3) is 10.9 Å². The number of halogens is 1. The van der Waals surface area contributed by atoms with Crippen LogP contribution in [0.3, 0.4) is 0 Å². The van der Waals surface area contributed by atoms with E-state index >= 15 is 0 Å². The minimum Gasteiger partial charge on any atom is -0.494 e. The molecule has 3 N–H and O–H groups in total. The second-order valence-corrected chi connectivity index (χ2v) is 11.7. The number of carbonyl (C=O) groups is 2. The second-order valence-electron chi connectivity index (χ2n) is 10.4. The van der Waals surface area contributed by atoms with Crippen LogP contribution in [-0.2, 0) is 13.0 Å². The minimum absolute atomic E-state index is 0.136. The number of H-pyrrole nitrogens is 1. The van der Waals surface area contributed by atoms with Gasteiger partial charge in [-0.3, -0.25) is 14.3 Å². The topological polar surface area (TPSA) is 88.2 Å². The van der Waals surface area contributed by atoms with E-state index in [1.165, 1.54) is 17.5 Å². The molecule has 9 heteroatoms. The summed E-state index contributed by atoms with van der Waals surface area (Å²) in [6, 6.07) is 23.7. The average Bonchev–Trinajstić information content (AvgIpc) is 3.63. The monoisotopic (exact) mass is 614 g/mol. The maximum absolute atomic E-state index is 13.2. The number of aryl methyl sites for hydroxylation is 3. The van der Waals surface area contributed by atoms with Crippen molar-refractivity contribution in [3.63, 3.8) is 0 Å². The van der Waals surface area contributed by atoms with Gasteiger partial charge in [-0.05, 0) is 85.2 Å². The van der Waals surface area contributed by atoms with Crippen LogP contribution in [-0.4, -0.2) is 40.3 Å². The lowest BCUT2D eigenvalue weighted by Crippen LogP contribution is -2.27. The summed E-state index contributed by atoms with van der Waals surface area (Å²) in [6.07, 6.45) is 5.18. The molecule has 0 saturated carbocycles. The fourth-order valence-corrected chi connectivity index (χ4v) is 5.68. The molecule has 0 fully saturated rings. The van der Waals surface area contributed by atoms with E-state index in [-0.39, 0.29) is 11.8 Å². The summed E-state index contributed by atoms with van der Waals surface area (Å²) >= 11 is 7.55. The van der Waals surface area contributed by atoms with E-state index in [4.69, 9.17) is 16.3 Å². The van der Waals surface area contributed by atoms with Crippen molar-refractivity contribution in [1.29, 1.82) is 0 Å². The van der Waals surface area contributed by atoms with Gasteiger partial charge in [0.15, 0.2) is 0 Å². The highest BCUT2D eigenvalue weighted by atomic mass is 35.5. The largest absolute Gasteiger partial charge is 0.494 e. The summed E-state index contributed by atoms with van der Waals surface area (Å²) in [7, 11) is 0. The molecule has 7 nitrogen and oxygen atoms in total. The molecule has 0 bridgehead atoms. The van der Waals surface area contributed by atoms with E-state index < -0.39 is 0 Å². The zero-order valence-electron chi connectivity index (χ0n) is 24.3. The maximum atomic E-state index is 13.2. The number of para-hydroxylation sites is 1. The van der Waals surface area contributed by atoms with E-state index in [9.17, 15) is 9.59 Å². The first kappa shape index (κ1) is 30.3. The molecular formula is C34H35ClN4O3S. The van der Waals surface area contributed by atoms with Gasteiger partial charge in [0.05, 0.1) is 12.2 Å². The minimum atomic E-state index is -0.189. The number of ether oxygens (including phenoxy) is 1. The van der Waals surface area contributed by atoms with E-state index in [0.29, 0.717) is 43.1 Å². The number of aromatic amines is 1. The van der Waals surface area contributed by atoms with E-state index in [2.05, 4.69) is 27.2 Å². The van der Waals surface area contributed by atoms with Crippen molar-refractivity contribution in [3.05, 3.63) is 124 Å². The van der Waals surface area contributed by atoms with Crippen molar-refractivity contribution in [3.8, 4) is 5.75 Å². The van der Waals surface area contributed by atoms with Crippen molar-refractivity contribution in [2.75, 3.05) is 18.9 Å². The van der Waals surface area contributed by atoms with Crippen LogP contribution in [0.15, 0.2) is 85.2 Å². The fraction of sp³-hybridized carbons (Fsp3) is 0.235. The third-order valence-electron chi connectivity index (χ3n) is 7.17. The van der Waals surface area contributed by atoms with Crippen LogP contribution < -0.4 is 14.8 Å². The summed E-state index contributed by atoms with van der Waals surface area (Å²) in [4.78, 5) is 29.1. The predicted octanol–water partition coefficient (Wildman–Crippen LogP) is 7.11. The number of nitrogens with zero attached hydrogens (tertiary/aromatic N) is 1. The zero-order chi connectivity index (χ0) is 30.2. The Balaban J connectivity index is 1.10. The zero-order valence-corrected chi connectivity index (χ0v) is 25.9. The van der Waals surface area contributed by atoms with Gasteiger partial charge < -0.3 is 19.6 Å². The summed E-state index contributed by atoms with van der Waals surface area (Å²) in [5.74, 6) is 1.00. The number of nitrogens with one attached hydrogen (secondary N) is 3. The Morgan fingerprint density at radius 3 is 2.51 bits per heavy atom. The number of hydrogen-bond acceptors (Lipinski definition) is 4. The first-order valence-corrected chi connectivity index (χ1v) is 15.6. The quantitative estimate of drug-likeness (QED) is 0.0974. The van der Waals surface area contributed by atoms with Gasteiger partial charge in [0.1, 0.15) is 11.4 Å². The van der Waals surface area contributed by atoms with Gasteiger partial charge in [0.2, 0.25) is 0 Å². The molecular weight excluding hydrogens is 580 g/mol. The van der Waals surface area contributed by atoms with Crippen LogP contribution in [0.1, 0.15) is 49.5 Å². The molecule has 0 aliphatic carbocycles. The van der Waals surface area contributed by atoms with Gasteiger partial charge in [-0.1, -0.05) is 60.1 Å². The molecule has 0 radical (unpaired) electrons. The number of fused-ring (bicyclic) bond motifs is 1. The summed E-state index contributed by atoms with van der Waals surface area (Å²) in [5.41, 5.74) is 6.20. The standard InChI is InChI=1S/C34H35ClN4O3S/c1-23-19-27(20-24(2)31(23)35)42-17-8-12-29-28-11-6-7-13-30(28)37-32(29)34(41)38-43-18-15-36-33(40)26-14-16-39(22-26)21-25-9-4-3-5-10-25/h3-7,9-11,13-14,16,19-20,22,37H,8,12,15,17-18,21H2,1-2H3,(H,36,40)(H,38,41). The smallest absolute Gasteiger partial charge is 0.277 e. The highest BCUT2D eigenvalue weighted by Crippen LogP contribution is 2.27. The molecule has 0 aliphatic heterocycles. The van der Waals surface area contributed by atoms with Gasteiger partial charge in [0.25, 0.3) is 11.8 Å². The first-order valence-electron chi connectivity index (χ1n) is 14.3. The van der Waals surface area contributed by atoms with Crippen LogP contribution >= 0.6 is 23.5 Å². The molecule has 2 amide bonds. The van der Waals surface area contributed by atoms with Crippen molar-refractivity contribution >= 4 is 46.3 Å². The number of hydrogen-bond donors (Lipinski definition) is 3. The summed E-state index contributed by atoms with van der Waals surface area (Å²) < 4.78 is 10.9. The number of carbonyl (C=O) groups excluding carboxylic acids is 2. The van der Waals surface area contributed by atoms with Crippen molar-refractivity contribution in [1.82, 2.24) is 19.6 Å². The lowest BCUT2D eigenvalue weighted by atomic mass is 10.1. The third-order valence-corrected chi connectivity index (χ3v) is 8.50. The maximum Gasteiger partial charge on any atom is 0.277 e. The summed E-state index contributed by atoms with van der Waals surface area (Å²) in [5, 5.41) is 4.72. The Morgan fingerprint density at radius 2 is 1.72 bits per heavy atom. The Hall–Kier alpha value is -4.14. The van der Waals surface area contributed by atoms with Crippen LogP contribution in [0, 0.1) is 13.8 Å². The van der Waals surface area contributed by atoms with Crippen molar-refractivity contribution < 1.29 is 14.3 Å². The van der Waals surface area contributed by atoms with Gasteiger partial charge >= 0.3 is 0 Å². The Kier molecular flexibility index (Phi) is 10.1. The molecule has 0 saturated heterocycles. The number of amides is 2.